The van der Waals surface area contributed by atoms with Crippen LogP contribution < -0.4 is 10.5 Å². The maximum absolute atomic E-state index is 5.74. The van der Waals surface area contributed by atoms with Crippen LogP contribution in [0, 0.1) is 0 Å². The van der Waals surface area contributed by atoms with Crippen molar-refractivity contribution >= 4 is 27.3 Å². The van der Waals surface area contributed by atoms with Gasteiger partial charge >= 0.3 is 0 Å². The van der Waals surface area contributed by atoms with E-state index in [-0.39, 0.29) is 0 Å². The molecule has 0 aromatic heterocycles. The van der Waals surface area contributed by atoms with Gasteiger partial charge in [-0.3, -0.25) is 0 Å². The number of ether oxygens (including phenoxy) is 1. The number of rotatable bonds is 3. The van der Waals surface area contributed by atoms with E-state index in [4.69, 9.17) is 10.5 Å². The van der Waals surface area contributed by atoms with Gasteiger partial charge < -0.3 is 10.5 Å². The van der Waals surface area contributed by atoms with Crippen LogP contribution in [0.15, 0.2) is 23.1 Å². The first-order chi connectivity index (χ1) is 5.77. The second kappa shape index (κ2) is 4.52. The molecule has 0 unspecified atom stereocenters. The number of methoxy groups -OCH3 is 1. The van der Waals surface area contributed by atoms with Crippen molar-refractivity contribution < 1.29 is 4.74 Å². The molecule has 2 nitrogen and oxygen atoms in total. The van der Waals surface area contributed by atoms with E-state index >= 15 is 0 Å². The summed E-state index contributed by atoms with van der Waals surface area (Å²) in [4.78, 5) is 1.06. The van der Waals surface area contributed by atoms with Crippen molar-refractivity contribution in [2.24, 2.45) is 0 Å². The molecule has 0 aliphatic heterocycles. The lowest BCUT2D eigenvalue weighted by Crippen LogP contribution is -1.89. The van der Waals surface area contributed by atoms with Crippen LogP contribution in [0.2, 0.25) is 0 Å². The lowest BCUT2D eigenvalue weighted by atomic mass is 10.3. The molecule has 0 heterocycles. The fraction of sp³-hybridized carbons (Fsp3) is 0.250. The fourth-order valence-electron chi connectivity index (χ4n) is 0.804. The third-order valence-electron chi connectivity index (χ3n) is 1.39. The van der Waals surface area contributed by atoms with E-state index in [2.05, 4.69) is 0 Å². The number of benzene rings is 1. The number of hydrogen-bond donors (Lipinski definition) is 1. The minimum atomic E-state index is 0.801. The highest BCUT2D eigenvalue weighted by molar-refractivity contribution is 8.76. The molecule has 0 spiro atoms. The third-order valence-corrected chi connectivity index (χ3v) is 3.13. The molecule has 0 saturated carbocycles. The van der Waals surface area contributed by atoms with E-state index in [0.29, 0.717) is 0 Å². The van der Waals surface area contributed by atoms with Gasteiger partial charge in [0.05, 0.1) is 7.11 Å². The topological polar surface area (TPSA) is 35.2 Å². The molecule has 1 aromatic carbocycles. The molecular weight excluding hydrogens is 190 g/mol. The number of hydrogen-bond acceptors (Lipinski definition) is 4. The van der Waals surface area contributed by atoms with E-state index in [1.165, 1.54) is 0 Å². The molecule has 0 aliphatic rings. The molecule has 0 bridgehead atoms. The summed E-state index contributed by atoms with van der Waals surface area (Å²) in [5.74, 6) is 0.848. The molecular formula is C8H11NOS2. The van der Waals surface area contributed by atoms with Crippen LogP contribution in [-0.4, -0.2) is 13.4 Å². The van der Waals surface area contributed by atoms with Gasteiger partial charge in [0.15, 0.2) is 0 Å². The Bertz CT molecular complexity index is 265. The minimum absolute atomic E-state index is 0.801. The molecule has 0 amide bonds. The van der Waals surface area contributed by atoms with Gasteiger partial charge in [0.2, 0.25) is 0 Å². The zero-order valence-corrected chi connectivity index (χ0v) is 8.67. The first-order valence-electron chi connectivity index (χ1n) is 3.42. The summed E-state index contributed by atoms with van der Waals surface area (Å²) < 4.78 is 5.08. The molecule has 1 rings (SSSR count). The molecule has 12 heavy (non-hydrogen) atoms. The van der Waals surface area contributed by atoms with Crippen LogP contribution in [-0.2, 0) is 0 Å². The van der Waals surface area contributed by atoms with Gasteiger partial charge in [-0.1, -0.05) is 21.6 Å². The summed E-state index contributed by atoms with van der Waals surface area (Å²) in [6.45, 7) is 0. The van der Waals surface area contributed by atoms with Crippen molar-refractivity contribution in [2.45, 2.75) is 4.90 Å². The van der Waals surface area contributed by atoms with Crippen molar-refractivity contribution in [3.63, 3.8) is 0 Å². The molecule has 0 radical (unpaired) electrons. The number of nitrogen functional groups attached to an aromatic ring is 1. The van der Waals surface area contributed by atoms with E-state index in [0.717, 1.165) is 16.3 Å². The fourth-order valence-corrected chi connectivity index (χ4v) is 2.28. The highest BCUT2D eigenvalue weighted by atomic mass is 33.1. The minimum Gasteiger partial charge on any atom is -0.497 e. The van der Waals surface area contributed by atoms with Crippen LogP contribution >= 0.6 is 21.6 Å². The maximum Gasteiger partial charge on any atom is 0.120 e. The normalized spacial score (nSPS) is 9.83. The van der Waals surface area contributed by atoms with Gasteiger partial charge in [-0.05, 0) is 24.5 Å². The molecule has 66 valence electrons. The standard InChI is InChI=1S/C8H11NOS2/c1-10-6-3-4-7(9)8(5-6)12-11-2/h3-5H,9H2,1-2H3. The third kappa shape index (κ3) is 2.25. The highest BCUT2D eigenvalue weighted by Gasteiger charge is 2.00. The smallest absolute Gasteiger partial charge is 0.120 e. The lowest BCUT2D eigenvalue weighted by molar-refractivity contribution is 0.414. The molecule has 2 N–H and O–H groups in total. The Kier molecular flexibility index (Phi) is 3.62. The maximum atomic E-state index is 5.74. The van der Waals surface area contributed by atoms with Crippen LogP contribution in [0.3, 0.4) is 0 Å². The summed E-state index contributed by atoms with van der Waals surface area (Å²) >= 11 is 0. The molecule has 0 saturated heterocycles. The summed E-state index contributed by atoms with van der Waals surface area (Å²) in [5.41, 5.74) is 6.54. The van der Waals surface area contributed by atoms with Crippen molar-refractivity contribution in [1.82, 2.24) is 0 Å². The second-order valence-corrected chi connectivity index (χ2v) is 4.59. The average Bonchev–Trinajstić information content (AvgIpc) is 2.09. The molecule has 4 heteroatoms. The van der Waals surface area contributed by atoms with Gasteiger partial charge in [0, 0.05) is 10.6 Å². The Morgan fingerprint density at radius 1 is 1.42 bits per heavy atom. The SMILES string of the molecule is COc1ccc(N)c(SSC)c1. The van der Waals surface area contributed by atoms with Crippen molar-refractivity contribution in [1.29, 1.82) is 0 Å². The Morgan fingerprint density at radius 2 is 2.17 bits per heavy atom. The van der Waals surface area contributed by atoms with E-state index in [1.54, 1.807) is 28.7 Å². The van der Waals surface area contributed by atoms with Crippen LogP contribution in [0.1, 0.15) is 0 Å². The van der Waals surface area contributed by atoms with Crippen molar-refractivity contribution in [3.8, 4) is 5.75 Å². The van der Waals surface area contributed by atoms with Crippen molar-refractivity contribution in [3.05, 3.63) is 18.2 Å². The average molecular weight is 201 g/mol. The predicted molar refractivity (Wildman–Crippen MR) is 56.8 cm³/mol. The molecule has 0 fully saturated rings. The molecule has 0 atom stereocenters. The Balaban J connectivity index is 2.91. The first-order valence-corrected chi connectivity index (χ1v) is 5.98. The summed E-state index contributed by atoms with van der Waals surface area (Å²) in [5, 5.41) is 0. The van der Waals surface area contributed by atoms with Gasteiger partial charge in [0.1, 0.15) is 5.75 Å². The van der Waals surface area contributed by atoms with Gasteiger partial charge in [-0.2, -0.15) is 0 Å². The highest BCUT2D eigenvalue weighted by Crippen LogP contribution is 2.35. The van der Waals surface area contributed by atoms with Crippen molar-refractivity contribution in [2.75, 3.05) is 19.1 Å². The summed E-state index contributed by atoms with van der Waals surface area (Å²) in [6.07, 6.45) is 2.02. The van der Waals surface area contributed by atoms with Crippen LogP contribution in [0.4, 0.5) is 5.69 Å². The monoisotopic (exact) mass is 201 g/mol. The zero-order valence-electron chi connectivity index (χ0n) is 7.03. The van der Waals surface area contributed by atoms with Crippen LogP contribution in [0.5, 0.6) is 5.75 Å². The van der Waals surface area contributed by atoms with Crippen LogP contribution in [0.25, 0.3) is 0 Å². The lowest BCUT2D eigenvalue weighted by Gasteiger charge is -2.05. The van der Waals surface area contributed by atoms with Gasteiger partial charge in [-0.15, -0.1) is 0 Å². The Morgan fingerprint density at radius 3 is 2.75 bits per heavy atom. The van der Waals surface area contributed by atoms with E-state index < -0.39 is 0 Å². The summed E-state index contributed by atoms with van der Waals surface area (Å²) in [6, 6.07) is 5.66. The van der Waals surface area contributed by atoms with Gasteiger partial charge in [0.25, 0.3) is 0 Å². The second-order valence-electron chi connectivity index (χ2n) is 2.15. The Labute approximate surface area is 80.3 Å². The van der Waals surface area contributed by atoms with Gasteiger partial charge in [-0.25, -0.2) is 0 Å². The number of nitrogens with two attached hydrogens (primary N) is 1. The Hall–Kier alpha value is -0.480. The quantitative estimate of drug-likeness (QED) is 0.602. The largest absolute Gasteiger partial charge is 0.497 e. The zero-order chi connectivity index (χ0) is 8.97. The number of anilines is 1. The van der Waals surface area contributed by atoms with E-state index in [1.807, 2.05) is 24.5 Å². The summed E-state index contributed by atoms with van der Waals surface area (Å²) in [7, 11) is 4.96. The first kappa shape index (κ1) is 9.61. The van der Waals surface area contributed by atoms with E-state index in [9.17, 15) is 0 Å². The molecule has 0 aliphatic carbocycles. The molecule has 1 aromatic rings. The predicted octanol–water partition coefficient (Wildman–Crippen LogP) is 2.65.